The van der Waals surface area contributed by atoms with Crippen LogP contribution in [0.4, 0.5) is 27.1 Å². The number of carbonyl (C=O) groups is 1. The fourth-order valence-corrected chi connectivity index (χ4v) is 4.66. The third-order valence-electron chi connectivity index (χ3n) is 6.33. The van der Waals surface area contributed by atoms with Gasteiger partial charge in [0.2, 0.25) is 6.41 Å². The van der Waals surface area contributed by atoms with Gasteiger partial charge in [0.05, 0.1) is 27.8 Å². The van der Waals surface area contributed by atoms with Crippen LogP contribution in [0.25, 0.3) is 22.3 Å². The molecule has 1 fully saturated rings. The largest absolute Gasteiger partial charge is 0.507 e. The first kappa shape index (κ1) is 30.6. The van der Waals surface area contributed by atoms with Gasteiger partial charge in [0.1, 0.15) is 11.6 Å². The second-order valence-electron chi connectivity index (χ2n) is 9.13. The summed E-state index contributed by atoms with van der Waals surface area (Å²) >= 11 is 6.51. The van der Waals surface area contributed by atoms with Crippen molar-refractivity contribution in [2.24, 2.45) is 5.84 Å². The van der Waals surface area contributed by atoms with Crippen LogP contribution < -0.4 is 32.1 Å². The van der Waals surface area contributed by atoms with E-state index in [1.165, 1.54) is 17.0 Å². The number of rotatable bonds is 8. The fraction of sp³-hybridized carbons (Fsp3) is 0.276. The van der Waals surface area contributed by atoms with E-state index in [4.69, 9.17) is 23.2 Å². The summed E-state index contributed by atoms with van der Waals surface area (Å²) in [5, 5.41) is 14.9. The quantitative estimate of drug-likeness (QED) is 0.113. The first-order valence-electron chi connectivity index (χ1n) is 13.0. The lowest BCUT2D eigenvalue weighted by Crippen LogP contribution is -2.43. The maximum Gasteiger partial charge on any atom is 0.218 e. The Hall–Kier alpha value is -3.99. The third-order valence-corrected chi connectivity index (χ3v) is 6.64. The summed E-state index contributed by atoms with van der Waals surface area (Å²) in [6.45, 7) is 7.08. The average molecular weight is 570 g/mol. The van der Waals surface area contributed by atoms with Crippen LogP contribution in [0.15, 0.2) is 54.9 Å². The Morgan fingerprint density at radius 1 is 1.05 bits per heavy atom. The molecule has 1 amide bonds. The summed E-state index contributed by atoms with van der Waals surface area (Å²) in [5.41, 5.74) is 12.7. The van der Waals surface area contributed by atoms with Gasteiger partial charge >= 0.3 is 0 Å². The van der Waals surface area contributed by atoms with Gasteiger partial charge in [-0.2, -0.15) is 0 Å². The fourth-order valence-electron chi connectivity index (χ4n) is 4.38. The molecule has 1 heterocycles. The van der Waals surface area contributed by atoms with Gasteiger partial charge in [0, 0.05) is 63.8 Å². The van der Waals surface area contributed by atoms with Crippen LogP contribution in [0.5, 0.6) is 5.75 Å². The number of anilines is 4. The van der Waals surface area contributed by atoms with E-state index < -0.39 is 5.82 Å². The van der Waals surface area contributed by atoms with E-state index in [-0.39, 0.29) is 21.9 Å². The number of hydrazine groups is 1. The molecule has 0 bridgehead atoms. The molecule has 0 unspecified atom stereocenters. The van der Waals surface area contributed by atoms with E-state index in [0.29, 0.717) is 34.6 Å². The molecular formula is C29H37ClFN7O2. The predicted octanol–water partition coefficient (Wildman–Crippen LogP) is 4.82. The molecule has 3 aromatic carbocycles. The lowest BCUT2D eigenvalue weighted by molar-refractivity contribution is -0.106. The number of phenols is 1. The summed E-state index contributed by atoms with van der Waals surface area (Å²) in [4.78, 5) is 16.9. The van der Waals surface area contributed by atoms with Crippen LogP contribution in [0.3, 0.4) is 0 Å². The monoisotopic (exact) mass is 569 g/mol. The van der Waals surface area contributed by atoms with Crippen LogP contribution in [0, 0.1) is 5.82 Å². The number of nitrogens with zero attached hydrogens (tertiary/aromatic N) is 3. The summed E-state index contributed by atoms with van der Waals surface area (Å²) in [5.74, 6) is 5.07. The van der Waals surface area contributed by atoms with Crippen LogP contribution in [0.1, 0.15) is 13.8 Å². The molecule has 0 radical (unpaired) electrons. The lowest BCUT2D eigenvalue weighted by Gasteiger charge is -2.31. The molecule has 11 heteroatoms. The first-order chi connectivity index (χ1) is 19.2. The van der Waals surface area contributed by atoms with Crippen molar-refractivity contribution in [3.8, 4) is 28.0 Å². The van der Waals surface area contributed by atoms with Crippen molar-refractivity contribution >= 4 is 40.8 Å². The summed E-state index contributed by atoms with van der Waals surface area (Å²) in [6, 6.07) is 10.9. The number of phenolic OH excluding ortho intramolecular Hbond substituents is 1. The number of nitrogen functional groups attached to an aromatic ring is 2. The van der Waals surface area contributed by atoms with Gasteiger partial charge in [-0.15, -0.1) is 0 Å². The number of piperazine rings is 1. The van der Waals surface area contributed by atoms with E-state index in [2.05, 4.69) is 15.6 Å². The molecule has 1 saturated heterocycles. The Morgan fingerprint density at radius 2 is 1.70 bits per heavy atom. The van der Waals surface area contributed by atoms with Crippen LogP contribution in [0.2, 0.25) is 5.02 Å². The zero-order valence-electron chi connectivity index (χ0n) is 23.2. The number of carbonyl (C=O) groups excluding carboxylic acids is 1. The van der Waals surface area contributed by atoms with E-state index >= 15 is 0 Å². The summed E-state index contributed by atoms with van der Waals surface area (Å²) < 4.78 is 14.9. The molecule has 0 aliphatic carbocycles. The number of aromatic hydroxyl groups is 1. The van der Waals surface area contributed by atoms with Gasteiger partial charge < -0.3 is 31.4 Å². The molecule has 0 aromatic heterocycles. The summed E-state index contributed by atoms with van der Waals surface area (Å²) in [6.07, 6.45) is 3.92. The standard InChI is InChI=1S/C27H31ClFN7O2.C2H6/c1-34(2)9-10-36(16-37)24-4-3-17(11-22(24)28)20-14-19(29)15-21(27(20)38)18-12-23(33-31)26(30)25(13-18)35-7-5-32-6-8-35;1-2/h3-4,9-16,32-33,38H,5-8,30-31H2,1-2H3;1-2H3/b10-9-;. The molecule has 3 aromatic rings. The van der Waals surface area contributed by atoms with E-state index in [1.807, 2.05) is 34.0 Å². The van der Waals surface area contributed by atoms with Crippen molar-refractivity contribution in [1.29, 1.82) is 0 Å². The van der Waals surface area contributed by atoms with Crippen molar-refractivity contribution in [3.05, 3.63) is 65.7 Å². The minimum atomic E-state index is -0.542. The van der Waals surface area contributed by atoms with Gasteiger partial charge in [-0.25, -0.2) is 4.39 Å². The number of nitrogens with one attached hydrogen (secondary N) is 2. The first-order valence-corrected chi connectivity index (χ1v) is 13.4. The molecule has 214 valence electrons. The van der Waals surface area contributed by atoms with E-state index in [0.717, 1.165) is 31.9 Å². The number of benzene rings is 3. The van der Waals surface area contributed by atoms with Crippen molar-refractivity contribution < 1.29 is 14.3 Å². The molecule has 7 N–H and O–H groups in total. The normalized spacial score (nSPS) is 13.0. The van der Waals surface area contributed by atoms with Gasteiger partial charge in [-0.05, 0) is 47.5 Å². The SMILES string of the molecule is CC.CN(C)/C=C\N(C=O)c1ccc(-c2cc(F)cc(-c3cc(NN)c(N)c(N4CCNCC4)c3)c2O)cc1Cl. The van der Waals surface area contributed by atoms with Gasteiger partial charge in [-0.1, -0.05) is 31.5 Å². The second-order valence-corrected chi connectivity index (χ2v) is 9.54. The highest BCUT2D eigenvalue weighted by atomic mass is 35.5. The third kappa shape index (κ3) is 6.77. The molecular weight excluding hydrogens is 533 g/mol. The molecule has 0 saturated carbocycles. The zero-order chi connectivity index (χ0) is 29.4. The maximum atomic E-state index is 14.9. The Balaban J connectivity index is 0.00000216. The van der Waals surface area contributed by atoms with Crippen LogP contribution in [-0.2, 0) is 4.79 Å². The van der Waals surface area contributed by atoms with Crippen molar-refractivity contribution in [2.45, 2.75) is 13.8 Å². The topological polar surface area (TPSA) is 123 Å². The lowest BCUT2D eigenvalue weighted by atomic mass is 9.95. The number of nitrogens with two attached hydrogens (primary N) is 2. The van der Waals surface area contributed by atoms with Crippen molar-refractivity contribution in [1.82, 2.24) is 10.2 Å². The molecule has 0 atom stereocenters. The maximum absolute atomic E-state index is 14.9. The average Bonchev–Trinajstić information content (AvgIpc) is 2.96. The minimum absolute atomic E-state index is 0.131. The van der Waals surface area contributed by atoms with Gasteiger partial charge in [0.15, 0.2) is 0 Å². The molecule has 0 spiro atoms. The number of halogens is 2. The van der Waals surface area contributed by atoms with Gasteiger partial charge in [0.25, 0.3) is 0 Å². The van der Waals surface area contributed by atoms with E-state index in [9.17, 15) is 14.3 Å². The minimum Gasteiger partial charge on any atom is -0.507 e. The highest BCUT2D eigenvalue weighted by molar-refractivity contribution is 6.34. The number of hydrogen-bond donors (Lipinski definition) is 5. The Labute approximate surface area is 239 Å². The second kappa shape index (κ2) is 13.9. The molecule has 1 aliphatic rings. The predicted molar refractivity (Wildman–Crippen MR) is 164 cm³/mol. The molecule has 40 heavy (non-hydrogen) atoms. The molecule has 9 nitrogen and oxygen atoms in total. The smallest absolute Gasteiger partial charge is 0.218 e. The molecule has 4 rings (SSSR count). The number of amides is 1. The van der Waals surface area contributed by atoms with Crippen molar-refractivity contribution in [2.75, 3.05) is 61.2 Å². The van der Waals surface area contributed by atoms with Crippen LogP contribution >= 0.6 is 11.6 Å². The molecule has 1 aliphatic heterocycles. The highest BCUT2D eigenvalue weighted by Gasteiger charge is 2.21. The highest BCUT2D eigenvalue weighted by Crippen LogP contribution is 2.44. The Morgan fingerprint density at radius 3 is 2.27 bits per heavy atom. The van der Waals surface area contributed by atoms with E-state index in [1.54, 1.807) is 41.6 Å². The van der Waals surface area contributed by atoms with Gasteiger partial charge in [-0.3, -0.25) is 15.5 Å². The Bertz CT molecular complexity index is 1360. The number of hydrogen-bond acceptors (Lipinski definition) is 8. The zero-order valence-corrected chi connectivity index (χ0v) is 24.0. The van der Waals surface area contributed by atoms with Crippen LogP contribution in [-0.4, -0.2) is 56.7 Å². The summed E-state index contributed by atoms with van der Waals surface area (Å²) in [7, 11) is 3.66. The van der Waals surface area contributed by atoms with Crippen molar-refractivity contribution in [3.63, 3.8) is 0 Å². The Kier molecular flexibility index (Phi) is 10.6.